The van der Waals surface area contributed by atoms with Gasteiger partial charge in [-0.3, -0.25) is 4.57 Å². The molecule has 0 N–H and O–H groups in total. The number of imidazole rings is 1. The average molecular weight is 440 g/mol. The first-order chi connectivity index (χ1) is 16.1. The Bertz CT molecular complexity index is 1470. The summed E-state index contributed by atoms with van der Waals surface area (Å²) in [6.45, 7) is 2.44. The zero-order chi connectivity index (χ0) is 22.8. The van der Waals surface area contributed by atoms with Gasteiger partial charge in [0.1, 0.15) is 41.9 Å². The number of ether oxygens (including phenoxy) is 1. The minimum Gasteiger partial charge on any atom is -0.489 e. The molecule has 0 fully saturated rings. The van der Waals surface area contributed by atoms with Crippen molar-refractivity contribution in [2.75, 3.05) is 0 Å². The van der Waals surface area contributed by atoms with Gasteiger partial charge in [0.2, 0.25) is 0 Å². The minimum atomic E-state index is -0.442. The number of fused-ring (bicyclic) bond motifs is 1. The van der Waals surface area contributed by atoms with Crippen LogP contribution in [0.4, 0.5) is 4.39 Å². The van der Waals surface area contributed by atoms with Crippen molar-refractivity contribution in [3.63, 3.8) is 0 Å². The Morgan fingerprint density at radius 2 is 2.03 bits per heavy atom. The Labute approximate surface area is 187 Å². The number of nitriles is 1. The van der Waals surface area contributed by atoms with Gasteiger partial charge in [-0.05, 0) is 59.8 Å². The van der Waals surface area contributed by atoms with E-state index >= 15 is 0 Å². The van der Waals surface area contributed by atoms with Crippen molar-refractivity contribution < 1.29 is 9.13 Å². The molecular formula is C23H17FN8O. The lowest BCUT2D eigenvalue weighted by molar-refractivity contribution is 0.193. The number of hydrogen-bond donors (Lipinski definition) is 0. The number of hydrogen-bond acceptors (Lipinski definition) is 7. The van der Waals surface area contributed by atoms with Crippen LogP contribution in [0.2, 0.25) is 0 Å². The van der Waals surface area contributed by atoms with Gasteiger partial charge in [0.25, 0.3) is 0 Å². The minimum absolute atomic E-state index is 0.155. The number of aromatic nitrogens is 7. The monoisotopic (exact) mass is 440 g/mol. The van der Waals surface area contributed by atoms with Crippen LogP contribution in [0.25, 0.3) is 28.1 Å². The lowest BCUT2D eigenvalue weighted by Gasteiger charge is -2.15. The third kappa shape index (κ3) is 4.12. The van der Waals surface area contributed by atoms with E-state index in [0.29, 0.717) is 40.4 Å². The van der Waals surface area contributed by atoms with E-state index in [1.54, 1.807) is 9.25 Å². The van der Waals surface area contributed by atoms with Crippen molar-refractivity contribution in [3.05, 3.63) is 78.6 Å². The lowest BCUT2D eigenvalue weighted by atomic mass is 10.1. The Balaban J connectivity index is 1.48. The number of rotatable bonds is 6. The van der Waals surface area contributed by atoms with Crippen LogP contribution in [0.3, 0.4) is 0 Å². The normalized spacial score (nSPS) is 11.9. The number of halogens is 1. The van der Waals surface area contributed by atoms with Gasteiger partial charge in [0.15, 0.2) is 5.65 Å². The number of tetrazole rings is 1. The summed E-state index contributed by atoms with van der Waals surface area (Å²) in [5.74, 6) is 0.239. The number of benzene rings is 2. The van der Waals surface area contributed by atoms with Crippen LogP contribution in [0.1, 0.15) is 12.5 Å². The van der Waals surface area contributed by atoms with Gasteiger partial charge in [-0.15, -0.1) is 5.10 Å². The fourth-order valence-corrected chi connectivity index (χ4v) is 3.56. The van der Waals surface area contributed by atoms with Gasteiger partial charge in [-0.1, -0.05) is 12.1 Å². The molecule has 5 aromatic rings. The summed E-state index contributed by atoms with van der Waals surface area (Å²) < 4.78 is 23.1. The lowest BCUT2D eigenvalue weighted by Crippen LogP contribution is -2.20. The summed E-state index contributed by atoms with van der Waals surface area (Å²) in [5.41, 5.74) is 3.41. The van der Waals surface area contributed by atoms with Gasteiger partial charge in [0, 0.05) is 5.56 Å². The molecule has 0 spiro atoms. The molecule has 1 atom stereocenters. The quantitative estimate of drug-likeness (QED) is 0.397. The summed E-state index contributed by atoms with van der Waals surface area (Å²) in [7, 11) is 0. The van der Waals surface area contributed by atoms with E-state index in [0.717, 1.165) is 5.56 Å². The molecule has 10 heteroatoms. The standard InChI is InChI=1S/C23H17FN8O/c1-15(12-31-14-27-29-30-31)33-19-4-2-3-16(9-19)20-7-8-21-23(28-20)32(13-26-21)22-10-18(24)6-5-17(22)11-25/h2-10,13-15H,12H2,1H3/t15-/m0/s1. The molecule has 0 unspecified atom stereocenters. The summed E-state index contributed by atoms with van der Waals surface area (Å²) >= 11 is 0. The maximum absolute atomic E-state index is 13.9. The highest BCUT2D eigenvalue weighted by Gasteiger charge is 2.13. The van der Waals surface area contributed by atoms with Crippen molar-refractivity contribution in [2.24, 2.45) is 0 Å². The summed E-state index contributed by atoms with van der Waals surface area (Å²) in [6, 6.07) is 17.4. The number of nitrogens with zero attached hydrogens (tertiary/aromatic N) is 8. The van der Waals surface area contributed by atoms with Gasteiger partial charge in [-0.2, -0.15) is 5.26 Å². The second kappa shape index (κ2) is 8.47. The first-order valence-corrected chi connectivity index (χ1v) is 10.1. The molecule has 0 saturated carbocycles. The molecule has 9 nitrogen and oxygen atoms in total. The Kier molecular flexibility index (Phi) is 5.20. The molecule has 3 heterocycles. The van der Waals surface area contributed by atoms with E-state index < -0.39 is 5.82 Å². The topological polar surface area (TPSA) is 107 Å². The molecule has 0 aliphatic rings. The predicted octanol–water partition coefficient (Wildman–Crippen LogP) is 3.55. The van der Waals surface area contributed by atoms with E-state index in [-0.39, 0.29) is 6.10 Å². The molecule has 0 saturated heterocycles. The largest absolute Gasteiger partial charge is 0.489 e. The van der Waals surface area contributed by atoms with Gasteiger partial charge >= 0.3 is 0 Å². The fraction of sp³-hybridized carbons (Fsp3) is 0.130. The Morgan fingerprint density at radius 3 is 2.85 bits per heavy atom. The molecular weight excluding hydrogens is 423 g/mol. The fourth-order valence-electron chi connectivity index (χ4n) is 3.56. The predicted molar refractivity (Wildman–Crippen MR) is 117 cm³/mol. The smallest absolute Gasteiger partial charge is 0.165 e. The van der Waals surface area contributed by atoms with Gasteiger partial charge in [0.05, 0.1) is 23.5 Å². The van der Waals surface area contributed by atoms with E-state index in [1.807, 2.05) is 43.3 Å². The summed E-state index contributed by atoms with van der Waals surface area (Å²) in [5, 5.41) is 20.5. The van der Waals surface area contributed by atoms with E-state index in [4.69, 9.17) is 9.72 Å². The second-order valence-electron chi connectivity index (χ2n) is 7.42. The Hall–Kier alpha value is -4.65. The zero-order valence-electron chi connectivity index (χ0n) is 17.5. The van der Waals surface area contributed by atoms with E-state index in [1.165, 1.54) is 30.9 Å². The molecule has 0 aliphatic carbocycles. The molecule has 0 amide bonds. The van der Waals surface area contributed by atoms with Crippen molar-refractivity contribution in [2.45, 2.75) is 19.6 Å². The zero-order valence-corrected chi connectivity index (χ0v) is 17.5. The van der Waals surface area contributed by atoms with Crippen molar-refractivity contribution in [1.29, 1.82) is 5.26 Å². The van der Waals surface area contributed by atoms with E-state index in [9.17, 15) is 9.65 Å². The maximum Gasteiger partial charge on any atom is 0.165 e. The van der Waals surface area contributed by atoms with Crippen LogP contribution in [-0.4, -0.2) is 40.8 Å². The van der Waals surface area contributed by atoms with Crippen LogP contribution >= 0.6 is 0 Å². The average Bonchev–Trinajstić information content (AvgIpc) is 3.48. The second-order valence-corrected chi connectivity index (χ2v) is 7.42. The molecule has 162 valence electrons. The molecule has 3 aromatic heterocycles. The molecule has 0 radical (unpaired) electrons. The van der Waals surface area contributed by atoms with Crippen molar-refractivity contribution in [1.82, 2.24) is 34.7 Å². The van der Waals surface area contributed by atoms with Crippen LogP contribution < -0.4 is 4.74 Å². The maximum atomic E-state index is 13.9. The van der Waals surface area contributed by atoms with Crippen LogP contribution in [0.15, 0.2) is 67.3 Å². The van der Waals surface area contributed by atoms with Crippen molar-refractivity contribution >= 4 is 11.2 Å². The highest BCUT2D eigenvalue weighted by atomic mass is 19.1. The molecule has 5 rings (SSSR count). The van der Waals surface area contributed by atoms with Crippen LogP contribution in [0, 0.1) is 17.1 Å². The third-order valence-electron chi connectivity index (χ3n) is 5.04. The molecule has 33 heavy (non-hydrogen) atoms. The van der Waals surface area contributed by atoms with Gasteiger partial charge in [-0.25, -0.2) is 19.0 Å². The van der Waals surface area contributed by atoms with Crippen LogP contribution in [0.5, 0.6) is 5.75 Å². The summed E-state index contributed by atoms with van der Waals surface area (Å²) in [4.78, 5) is 9.10. The van der Waals surface area contributed by atoms with Crippen molar-refractivity contribution in [3.8, 4) is 28.8 Å². The SMILES string of the molecule is C[C@@H](Cn1cnnn1)Oc1cccc(-c2ccc3ncn(-c4cc(F)ccc4C#N)c3n2)c1. The summed E-state index contributed by atoms with van der Waals surface area (Å²) in [6.07, 6.45) is 2.92. The molecule has 2 aromatic carbocycles. The third-order valence-corrected chi connectivity index (χ3v) is 5.04. The molecule has 0 bridgehead atoms. The van der Waals surface area contributed by atoms with Crippen LogP contribution in [-0.2, 0) is 6.54 Å². The molecule has 0 aliphatic heterocycles. The highest BCUT2D eigenvalue weighted by molar-refractivity contribution is 5.78. The first-order valence-electron chi connectivity index (χ1n) is 10.1. The van der Waals surface area contributed by atoms with Gasteiger partial charge < -0.3 is 4.74 Å². The Morgan fingerprint density at radius 1 is 1.12 bits per heavy atom. The van der Waals surface area contributed by atoms with E-state index in [2.05, 4.69) is 26.6 Å². The first kappa shape index (κ1) is 20.3. The highest BCUT2D eigenvalue weighted by Crippen LogP contribution is 2.27. The number of pyridine rings is 1.